The first-order valence-electron chi connectivity index (χ1n) is 8.57. The van der Waals surface area contributed by atoms with Crippen molar-refractivity contribution in [2.75, 3.05) is 38.2 Å². The normalized spacial score (nSPS) is 16.4. The quantitative estimate of drug-likeness (QED) is 0.876. The minimum Gasteiger partial charge on any atom is -0.497 e. The number of piperazine rings is 1. The van der Waals surface area contributed by atoms with Crippen LogP contribution in [-0.4, -0.2) is 55.3 Å². The third-order valence-corrected chi connectivity index (χ3v) is 4.72. The van der Waals surface area contributed by atoms with Crippen molar-refractivity contribution in [3.05, 3.63) is 60.2 Å². The van der Waals surface area contributed by atoms with E-state index in [9.17, 15) is 9.90 Å². The molecule has 0 radical (unpaired) electrons. The number of ether oxygens (including phenoxy) is 1. The minimum absolute atomic E-state index is 0.484. The maximum Gasteiger partial charge on any atom is 0.321 e. The molecule has 0 spiro atoms. The summed E-state index contributed by atoms with van der Waals surface area (Å²) < 4.78 is 5.24. The molecular weight excluding hydrogens is 316 g/mol. The fraction of sp³-hybridized carbons (Fsp3) is 0.350. The van der Waals surface area contributed by atoms with Crippen molar-refractivity contribution in [3.63, 3.8) is 0 Å². The smallest absolute Gasteiger partial charge is 0.321 e. The molecule has 2 aromatic rings. The second kappa shape index (κ2) is 8.03. The molecular formula is C20H24N2O3. The molecule has 0 aliphatic carbocycles. The summed E-state index contributed by atoms with van der Waals surface area (Å²) in [7, 11) is 1.62. The number of benzene rings is 2. The maximum atomic E-state index is 11.8. The molecule has 0 unspecified atom stereocenters. The Balaban J connectivity index is 1.65. The first-order valence-corrected chi connectivity index (χ1v) is 8.57. The summed E-state index contributed by atoms with van der Waals surface area (Å²) in [6.07, 6.45) is 0.484. The van der Waals surface area contributed by atoms with Gasteiger partial charge in [-0.2, -0.15) is 0 Å². The number of anilines is 1. The second-order valence-electron chi connectivity index (χ2n) is 6.27. The van der Waals surface area contributed by atoms with E-state index < -0.39 is 12.0 Å². The number of hydrogen-bond acceptors (Lipinski definition) is 4. The molecule has 1 N–H and O–H groups in total. The Kier molecular flexibility index (Phi) is 5.56. The van der Waals surface area contributed by atoms with E-state index in [0.29, 0.717) is 6.42 Å². The lowest BCUT2D eigenvalue weighted by Gasteiger charge is -2.38. The van der Waals surface area contributed by atoms with Crippen molar-refractivity contribution in [3.8, 4) is 5.75 Å². The molecule has 1 heterocycles. The topological polar surface area (TPSA) is 53.0 Å². The van der Waals surface area contributed by atoms with Gasteiger partial charge in [-0.05, 0) is 36.2 Å². The Hall–Kier alpha value is -2.53. The third kappa shape index (κ3) is 4.31. The molecule has 2 aromatic carbocycles. The van der Waals surface area contributed by atoms with E-state index in [0.717, 1.165) is 37.5 Å². The monoisotopic (exact) mass is 340 g/mol. The number of para-hydroxylation sites is 1. The van der Waals surface area contributed by atoms with Crippen LogP contribution in [0.3, 0.4) is 0 Å². The first-order chi connectivity index (χ1) is 12.2. The summed E-state index contributed by atoms with van der Waals surface area (Å²) in [6, 6.07) is 17.4. The predicted molar refractivity (Wildman–Crippen MR) is 98.3 cm³/mol. The standard InChI is InChI=1S/C20H24N2O3/c1-25-18-9-5-6-16(14-18)15-19(20(23)24)22-12-10-21(11-13-22)17-7-3-2-4-8-17/h2-9,14,19H,10-13,15H2,1H3,(H,23,24)/t19-/m1/s1. The van der Waals surface area contributed by atoms with Crippen LogP contribution in [0.4, 0.5) is 5.69 Å². The van der Waals surface area contributed by atoms with Gasteiger partial charge >= 0.3 is 5.97 Å². The van der Waals surface area contributed by atoms with Gasteiger partial charge in [0.05, 0.1) is 7.11 Å². The van der Waals surface area contributed by atoms with Crippen LogP contribution in [0, 0.1) is 0 Å². The van der Waals surface area contributed by atoms with Gasteiger partial charge in [-0.25, -0.2) is 0 Å². The molecule has 0 amide bonds. The number of methoxy groups -OCH3 is 1. The lowest BCUT2D eigenvalue weighted by molar-refractivity contribution is -0.143. The van der Waals surface area contributed by atoms with Crippen LogP contribution in [0.1, 0.15) is 5.56 Å². The van der Waals surface area contributed by atoms with Crippen molar-refractivity contribution in [1.29, 1.82) is 0 Å². The molecule has 1 aliphatic heterocycles. The van der Waals surface area contributed by atoms with Crippen LogP contribution in [-0.2, 0) is 11.2 Å². The van der Waals surface area contributed by atoms with E-state index in [-0.39, 0.29) is 0 Å². The molecule has 0 bridgehead atoms. The second-order valence-corrected chi connectivity index (χ2v) is 6.27. The Labute approximate surface area is 148 Å². The highest BCUT2D eigenvalue weighted by Crippen LogP contribution is 2.20. The lowest BCUT2D eigenvalue weighted by Crippen LogP contribution is -2.53. The van der Waals surface area contributed by atoms with Crippen LogP contribution in [0.15, 0.2) is 54.6 Å². The largest absolute Gasteiger partial charge is 0.497 e. The molecule has 25 heavy (non-hydrogen) atoms. The van der Waals surface area contributed by atoms with Crippen LogP contribution in [0.25, 0.3) is 0 Å². The highest BCUT2D eigenvalue weighted by molar-refractivity contribution is 5.74. The van der Waals surface area contributed by atoms with Gasteiger partial charge in [0, 0.05) is 31.9 Å². The lowest BCUT2D eigenvalue weighted by atomic mass is 10.0. The summed E-state index contributed by atoms with van der Waals surface area (Å²) >= 11 is 0. The number of rotatable bonds is 6. The fourth-order valence-corrected chi connectivity index (χ4v) is 3.33. The van der Waals surface area contributed by atoms with Gasteiger partial charge in [-0.1, -0.05) is 30.3 Å². The van der Waals surface area contributed by atoms with E-state index in [4.69, 9.17) is 4.74 Å². The van der Waals surface area contributed by atoms with Gasteiger partial charge in [-0.3, -0.25) is 9.69 Å². The summed E-state index contributed by atoms with van der Waals surface area (Å²) in [5.74, 6) is -0.00785. The van der Waals surface area contributed by atoms with E-state index in [1.165, 1.54) is 5.69 Å². The fourth-order valence-electron chi connectivity index (χ4n) is 3.33. The van der Waals surface area contributed by atoms with Crippen molar-refractivity contribution in [1.82, 2.24) is 4.90 Å². The number of aliphatic carboxylic acids is 1. The number of carboxylic acids is 1. The van der Waals surface area contributed by atoms with Crippen molar-refractivity contribution in [2.45, 2.75) is 12.5 Å². The van der Waals surface area contributed by atoms with E-state index in [1.54, 1.807) is 7.11 Å². The van der Waals surface area contributed by atoms with Crippen molar-refractivity contribution < 1.29 is 14.6 Å². The molecule has 5 heteroatoms. The molecule has 1 aliphatic rings. The van der Waals surface area contributed by atoms with E-state index in [1.807, 2.05) is 42.5 Å². The van der Waals surface area contributed by atoms with Crippen LogP contribution in [0.5, 0.6) is 5.75 Å². The molecule has 1 fully saturated rings. The van der Waals surface area contributed by atoms with Gasteiger partial charge in [0.25, 0.3) is 0 Å². The van der Waals surface area contributed by atoms with Crippen molar-refractivity contribution in [2.24, 2.45) is 0 Å². The Morgan fingerprint density at radius 1 is 1.08 bits per heavy atom. The number of carboxylic acid groups (broad SMARTS) is 1. The Morgan fingerprint density at radius 2 is 1.80 bits per heavy atom. The zero-order chi connectivity index (χ0) is 17.6. The molecule has 1 saturated heterocycles. The van der Waals surface area contributed by atoms with Crippen LogP contribution < -0.4 is 9.64 Å². The summed E-state index contributed by atoms with van der Waals surface area (Å²) in [5, 5.41) is 9.71. The molecule has 3 rings (SSSR count). The zero-order valence-electron chi connectivity index (χ0n) is 14.5. The number of nitrogens with zero attached hydrogens (tertiary/aromatic N) is 2. The van der Waals surface area contributed by atoms with Gasteiger partial charge in [-0.15, -0.1) is 0 Å². The zero-order valence-corrected chi connectivity index (χ0v) is 14.5. The van der Waals surface area contributed by atoms with Gasteiger partial charge in [0.2, 0.25) is 0 Å². The summed E-state index contributed by atoms with van der Waals surface area (Å²) in [6.45, 7) is 3.17. The maximum absolute atomic E-state index is 11.8. The van der Waals surface area contributed by atoms with E-state index >= 15 is 0 Å². The van der Waals surface area contributed by atoms with Crippen LogP contribution in [0.2, 0.25) is 0 Å². The first kappa shape index (κ1) is 17.3. The van der Waals surface area contributed by atoms with E-state index in [2.05, 4.69) is 21.9 Å². The molecule has 0 aromatic heterocycles. The highest BCUT2D eigenvalue weighted by atomic mass is 16.5. The third-order valence-electron chi connectivity index (χ3n) is 4.72. The molecule has 1 atom stereocenters. The molecule has 132 valence electrons. The summed E-state index contributed by atoms with van der Waals surface area (Å²) in [4.78, 5) is 16.2. The minimum atomic E-state index is -0.768. The van der Waals surface area contributed by atoms with Gasteiger partial charge in [0.1, 0.15) is 11.8 Å². The SMILES string of the molecule is COc1cccc(C[C@H](C(=O)O)N2CCN(c3ccccc3)CC2)c1. The number of carbonyl (C=O) groups is 1. The Bertz CT molecular complexity index is 697. The predicted octanol–water partition coefficient (Wildman–Crippen LogP) is 2.51. The van der Waals surface area contributed by atoms with Gasteiger partial charge < -0.3 is 14.7 Å². The highest BCUT2D eigenvalue weighted by Gasteiger charge is 2.29. The van der Waals surface area contributed by atoms with Crippen LogP contribution >= 0.6 is 0 Å². The van der Waals surface area contributed by atoms with Gasteiger partial charge in [0.15, 0.2) is 0 Å². The van der Waals surface area contributed by atoms with Crippen molar-refractivity contribution >= 4 is 11.7 Å². The average molecular weight is 340 g/mol. The average Bonchev–Trinajstić information content (AvgIpc) is 2.67. The molecule has 5 nitrogen and oxygen atoms in total. The number of hydrogen-bond donors (Lipinski definition) is 1. The Morgan fingerprint density at radius 3 is 2.44 bits per heavy atom. The molecule has 0 saturated carbocycles. The summed E-state index contributed by atoms with van der Waals surface area (Å²) in [5.41, 5.74) is 2.18.